The van der Waals surface area contributed by atoms with E-state index in [2.05, 4.69) is 35.2 Å². The molecule has 0 amide bonds. The summed E-state index contributed by atoms with van der Waals surface area (Å²) < 4.78 is 46.4. The molecule has 0 radical (unpaired) electrons. The van der Waals surface area contributed by atoms with Crippen LogP contribution in [0.1, 0.15) is 5.69 Å². The smallest absolute Gasteiger partial charge is 0.406 e. The Hall–Kier alpha value is -3.38. The van der Waals surface area contributed by atoms with Gasteiger partial charge in [0.25, 0.3) is 0 Å². The first-order chi connectivity index (χ1) is 16.4. The summed E-state index contributed by atoms with van der Waals surface area (Å²) >= 11 is 0. The van der Waals surface area contributed by atoms with E-state index in [9.17, 15) is 13.2 Å². The molecule has 9 nitrogen and oxygen atoms in total. The van der Waals surface area contributed by atoms with Gasteiger partial charge in [-0.1, -0.05) is 0 Å². The molecule has 1 atom stereocenters. The van der Waals surface area contributed by atoms with E-state index in [0.717, 1.165) is 39.4 Å². The van der Waals surface area contributed by atoms with Gasteiger partial charge in [0.2, 0.25) is 0 Å². The van der Waals surface area contributed by atoms with Gasteiger partial charge in [0.1, 0.15) is 24.1 Å². The lowest BCUT2D eigenvalue weighted by molar-refractivity contribution is -0.274. The Labute approximate surface area is 195 Å². The van der Waals surface area contributed by atoms with Crippen molar-refractivity contribution >= 4 is 23.5 Å². The lowest BCUT2D eigenvalue weighted by Crippen LogP contribution is -2.39. The van der Waals surface area contributed by atoms with Gasteiger partial charge in [-0.15, -0.1) is 13.2 Å². The first-order valence-electron chi connectivity index (χ1n) is 10.8. The van der Waals surface area contributed by atoms with E-state index in [1.165, 1.54) is 30.6 Å². The van der Waals surface area contributed by atoms with Gasteiger partial charge in [0.05, 0.1) is 30.9 Å². The summed E-state index contributed by atoms with van der Waals surface area (Å²) in [5.74, 6) is 0.431. The van der Waals surface area contributed by atoms with Gasteiger partial charge in [0.15, 0.2) is 0 Å². The minimum absolute atomic E-state index is 0.275. The molecule has 2 aliphatic rings. The molecule has 0 spiro atoms. The number of hydrogen-bond donors (Lipinski definition) is 2. The predicted octanol–water partition coefficient (Wildman–Crippen LogP) is 2.87. The maximum Gasteiger partial charge on any atom is 0.573 e. The normalized spacial score (nSPS) is 19.0. The quantitative estimate of drug-likeness (QED) is 0.600. The van der Waals surface area contributed by atoms with Gasteiger partial charge in [-0.3, -0.25) is 4.90 Å². The third kappa shape index (κ3) is 6.81. The standard InChI is InChI=1S/C22H26F3N7O2/c1-31-15-29-19(13-21(31)30-16-2-4-17(5-3-16)34-22(23,24)25)18-12-20(28-14-27-18)26-6-7-32-8-10-33-11-9-32/h2-5,12-15,21,30H,6-11H2,1H3,(H,26,27,28). The van der Waals surface area contributed by atoms with Crippen LogP contribution >= 0.6 is 0 Å². The summed E-state index contributed by atoms with van der Waals surface area (Å²) in [7, 11) is 1.84. The second-order valence-corrected chi connectivity index (χ2v) is 7.79. The first kappa shape index (κ1) is 23.8. The number of anilines is 2. The fraction of sp³-hybridized carbons (Fsp3) is 0.409. The minimum atomic E-state index is -4.72. The van der Waals surface area contributed by atoms with Crippen LogP contribution in [-0.2, 0) is 4.74 Å². The van der Waals surface area contributed by atoms with Crippen LogP contribution in [-0.4, -0.2) is 85.1 Å². The van der Waals surface area contributed by atoms with E-state index >= 15 is 0 Å². The number of halogens is 3. The number of ether oxygens (including phenoxy) is 2. The maximum absolute atomic E-state index is 12.4. The number of aromatic nitrogens is 2. The summed E-state index contributed by atoms with van der Waals surface area (Å²) in [5, 5.41) is 6.57. The van der Waals surface area contributed by atoms with Crippen LogP contribution in [0.15, 0.2) is 47.7 Å². The number of nitrogens with one attached hydrogen (secondary N) is 2. The predicted molar refractivity (Wildman–Crippen MR) is 123 cm³/mol. The van der Waals surface area contributed by atoms with Crippen molar-refractivity contribution in [1.82, 2.24) is 19.8 Å². The third-order valence-electron chi connectivity index (χ3n) is 5.30. The molecule has 4 rings (SSSR count). The number of alkyl halides is 3. The zero-order valence-electron chi connectivity index (χ0n) is 18.6. The molecule has 0 aliphatic carbocycles. The molecule has 1 aromatic heterocycles. The molecule has 1 fully saturated rings. The third-order valence-corrected chi connectivity index (χ3v) is 5.30. The second-order valence-electron chi connectivity index (χ2n) is 7.79. The Balaban J connectivity index is 1.38. The second kappa shape index (κ2) is 10.7. The van der Waals surface area contributed by atoms with E-state index in [1.54, 1.807) is 6.34 Å². The Morgan fingerprint density at radius 3 is 2.65 bits per heavy atom. The largest absolute Gasteiger partial charge is 0.573 e. The van der Waals surface area contributed by atoms with Crippen LogP contribution in [0.3, 0.4) is 0 Å². The molecule has 0 bridgehead atoms. The fourth-order valence-corrected chi connectivity index (χ4v) is 3.51. The summed E-state index contributed by atoms with van der Waals surface area (Å²) in [4.78, 5) is 17.3. The van der Waals surface area contributed by atoms with Gasteiger partial charge >= 0.3 is 6.36 Å². The van der Waals surface area contributed by atoms with E-state index in [1.807, 2.05) is 24.1 Å². The lowest BCUT2D eigenvalue weighted by Gasteiger charge is -2.29. The molecule has 34 heavy (non-hydrogen) atoms. The van der Waals surface area contributed by atoms with Crippen molar-refractivity contribution in [2.24, 2.45) is 4.99 Å². The van der Waals surface area contributed by atoms with Crippen molar-refractivity contribution in [2.45, 2.75) is 12.5 Å². The topological polar surface area (TPSA) is 87.1 Å². The van der Waals surface area contributed by atoms with Crippen LogP contribution in [0.2, 0.25) is 0 Å². The van der Waals surface area contributed by atoms with Crippen molar-refractivity contribution in [2.75, 3.05) is 57.1 Å². The summed E-state index contributed by atoms with van der Waals surface area (Å²) in [6.45, 7) is 5.03. The molecule has 182 valence electrons. The van der Waals surface area contributed by atoms with Crippen LogP contribution in [0.25, 0.3) is 5.70 Å². The number of aliphatic imine (C=N–C) groups is 1. The molecule has 1 unspecified atom stereocenters. The molecule has 2 aromatic rings. The van der Waals surface area contributed by atoms with Crippen molar-refractivity contribution in [1.29, 1.82) is 0 Å². The number of benzene rings is 1. The Bertz CT molecular complexity index is 1010. The van der Waals surface area contributed by atoms with E-state index in [-0.39, 0.29) is 11.9 Å². The van der Waals surface area contributed by atoms with Crippen molar-refractivity contribution in [3.8, 4) is 5.75 Å². The number of nitrogens with zero attached hydrogens (tertiary/aromatic N) is 5. The highest BCUT2D eigenvalue weighted by atomic mass is 19.4. The molecular formula is C22H26F3N7O2. The van der Waals surface area contributed by atoms with Crippen molar-refractivity contribution in [3.63, 3.8) is 0 Å². The Kier molecular flexibility index (Phi) is 7.48. The number of likely N-dealkylation sites (N-methyl/N-ethyl adjacent to an activating group) is 1. The number of morpholine rings is 1. The first-order valence-corrected chi connectivity index (χ1v) is 10.8. The monoisotopic (exact) mass is 477 g/mol. The lowest BCUT2D eigenvalue weighted by atomic mass is 10.2. The number of rotatable bonds is 8. The van der Waals surface area contributed by atoms with Gasteiger partial charge < -0.3 is 25.0 Å². The van der Waals surface area contributed by atoms with Gasteiger partial charge in [-0.2, -0.15) is 0 Å². The molecule has 0 saturated carbocycles. The van der Waals surface area contributed by atoms with Crippen LogP contribution in [0.4, 0.5) is 24.7 Å². The molecule has 1 saturated heterocycles. The highest BCUT2D eigenvalue weighted by Gasteiger charge is 2.31. The van der Waals surface area contributed by atoms with Gasteiger partial charge in [-0.05, 0) is 30.3 Å². The Morgan fingerprint density at radius 2 is 1.91 bits per heavy atom. The zero-order chi connectivity index (χ0) is 24.0. The average molecular weight is 477 g/mol. The molecule has 2 aliphatic heterocycles. The average Bonchev–Trinajstić information content (AvgIpc) is 2.82. The van der Waals surface area contributed by atoms with Crippen molar-refractivity contribution in [3.05, 3.63) is 48.4 Å². The van der Waals surface area contributed by atoms with Gasteiger partial charge in [-0.25, -0.2) is 15.0 Å². The highest BCUT2D eigenvalue weighted by molar-refractivity contribution is 5.76. The molecule has 3 heterocycles. The van der Waals surface area contributed by atoms with E-state index in [0.29, 0.717) is 22.9 Å². The fourth-order valence-electron chi connectivity index (χ4n) is 3.51. The zero-order valence-corrected chi connectivity index (χ0v) is 18.6. The van der Waals surface area contributed by atoms with Crippen LogP contribution < -0.4 is 15.4 Å². The van der Waals surface area contributed by atoms with Gasteiger partial charge in [0, 0.05) is 45.0 Å². The van der Waals surface area contributed by atoms with E-state index < -0.39 is 6.36 Å². The highest BCUT2D eigenvalue weighted by Crippen LogP contribution is 2.25. The summed E-state index contributed by atoms with van der Waals surface area (Å²) in [6.07, 6.45) is 0.0416. The summed E-state index contributed by atoms with van der Waals surface area (Å²) in [6, 6.07) is 7.41. The van der Waals surface area contributed by atoms with Crippen LogP contribution in [0, 0.1) is 0 Å². The Morgan fingerprint density at radius 1 is 1.15 bits per heavy atom. The van der Waals surface area contributed by atoms with Crippen LogP contribution in [0.5, 0.6) is 5.75 Å². The molecule has 2 N–H and O–H groups in total. The SMILES string of the molecule is CN1C=NC(c2cc(NCCN3CCOCC3)ncn2)=CC1Nc1ccc(OC(F)(F)F)cc1. The maximum atomic E-state index is 12.4. The molecule has 1 aromatic carbocycles. The number of hydrogen-bond acceptors (Lipinski definition) is 9. The molecule has 12 heteroatoms. The molecular weight excluding hydrogens is 451 g/mol. The minimum Gasteiger partial charge on any atom is -0.406 e. The summed E-state index contributed by atoms with van der Waals surface area (Å²) in [5.41, 5.74) is 1.95. The van der Waals surface area contributed by atoms with E-state index in [4.69, 9.17) is 4.74 Å². The van der Waals surface area contributed by atoms with Crippen molar-refractivity contribution < 1.29 is 22.6 Å².